The third kappa shape index (κ3) is 5.87. The summed E-state index contributed by atoms with van der Waals surface area (Å²) < 4.78 is 20.2. The number of nitrogens with zero attached hydrogens (tertiary/aromatic N) is 3. The molecule has 2 aromatic carbocycles. The molecule has 2 aliphatic rings. The number of likely N-dealkylation sites (tertiary alicyclic amines) is 1. The van der Waals surface area contributed by atoms with Gasteiger partial charge in [-0.05, 0) is 63.1 Å². The molecule has 2 aliphatic heterocycles. The molecule has 172 valence electrons. The number of carbonyl (C=O) groups is 1. The Morgan fingerprint density at radius 1 is 1.06 bits per heavy atom. The van der Waals surface area contributed by atoms with Crippen LogP contribution in [0.3, 0.4) is 0 Å². The van der Waals surface area contributed by atoms with E-state index in [2.05, 4.69) is 33.8 Å². The van der Waals surface area contributed by atoms with E-state index in [1.807, 2.05) is 18.2 Å². The van der Waals surface area contributed by atoms with Crippen molar-refractivity contribution in [2.24, 2.45) is 0 Å². The third-order valence-electron chi connectivity index (χ3n) is 6.65. The van der Waals surface area contributed by atoms with Gasteiger partial charge in [0.15, 0.2) is 17.3 Å². The number of para-hydroxylation sites is 1. The number of rotatable bonds is 9. The lowest BCUT2D eigenvalue weighted by atomic mass is 10.1. The van der Waals surface area contributed by atoms with Crippen molar-refractivity contribution in [3.63, 3.8) is 0 Å². The summed E-state index contributed by atoms with van der Waals surface area (Å²) in [6, 6.07) is 15.6. The average Bonchev–Trinajstić information content (AvgIpc) is 3.23. The lowest BCUT2D eigenvalue weighted by Gasteiger charge is -2.35. The predicted octanol–water partition coefficient (Wildman–Crippen LogP) is 4.08. The monoisotopic (exact) mass is 439 g/mol. The first-order valence-electron chi connectivity index (χ1n) is 11.8. The molecule has 1 unspecified atom stereocenters. The Morgan fingerprint density at radius 3 is 2.53 bits per heavy atom. The zero-order chi connectivity index (χ0) is 22.3. The van der Waals surface area contributed by atoms with E-state index < -0.39 is 5.82 Å². The molecular weight excluding hydrogens is 405 g/mol. The standard InChI is InChI=1S/C26H34FN3O2/c1-21-7-5-12-29(21)13-6-18-32-26-11-10-22(19-24(26)27)25(31)20-28-14-16-30(17-15-28)23-8-3-2-4-9-23/h2-4,8-11,19,21H,5-7,12-18,20H2,1H3. The molecule has 5 nitrogen and oxygen atoms in total. The van der Waals surface area contributed by atoms with Gasteiger partial charge >= 0.3 is 0 Å². The van der Waals surface area contributed by atoms with E-state index in [0.717, 1.165) is 45.7 Å². The lowest BCUT2D eigenvalue weighted by molar-refractivity contribution is 0.0926. The summed E-state index contributed by atoms with van der Waals surface area (Å²) in [5.41, 5.74) is 1.62. The Kier molecular flexibility index (Phi) is 7.76. The minimum absolute atomic E-state index is 0.0494. The highest BCUT2D eigenvalue weighted by Gasteiger charge is 2.21. The molecule has 0 N–H and O–H groups in total. The van der Waals surface area contributed by atoms with Crippen LogP contribution < -0.4 is 9.64 Å². The molecule has 0 bridgehead atoms. The number of ketones is 1. The summed E-state index contributed by atoms with van der Waals surface area (Å²) >= 11 is 0. The number of anilines is 1. The molecule has 32 heavy (non-hydrogen) atoms. The van der Waals surface area contributed by atoms with E-state index in [-0.39, 0.29) is 11.5 Å². The lowest BCUT2D eigenvalue weighted by Crippen LogP contribution is -2.48. The Morgan fingerprint density at radius 2 is 1.84 bits per heavy atom. The average molecular weight is 440 g/mol. The predicted molar refractivity (Wildman–Crippen MR) is 126 cm³/mol. The van der Waals surface area contributed by atoms with Crippen LogP contribution in [0.15, 0.2) is 48.5 Å². The zero-order valence-corrected chi connectivity index (χ0v) is 19.0. The minimum atomic E-state index is -0.459. The van der Waals surface area contributed by atoms with Crippen molar-refractivity contribution in [1.29, 1.82) is 0 Å². The number of piperazine rings is 1. The molecule has 0 aromatic heterocycles. The molecule has 0 spiro atoms. The van der Waals surface area contributed by atoms with Crippen LogP contribution in [0.5, 0.6) is 5.75 Å². The normalized spacial score (nSPS) is 19.9. The van der Waals surface area contributed by atoms with E-state index in [9.17, 15) is 9.18 Å². The van der Waals surface area contributed by atoms with Crippen LogP contribution in [0.2, 0.25) is 0 Å². The fraction of sp³-hybridized carbons (Fsp3) is 0.500. The number of carbonyl (C=O) groups excluding carboxylic acids is 1. The van der Waals surface area contributed by atoms with Crippen LogP contribution >= 0.6 is 0 Å². The summed E-state index contributed by atoms with van der Waals surface area (Å²) in [6.07, 6.45) is 3.39. The maximum Gasteiger partial charge on any atom is 0.176 e. The van der Waals surface area contributed by atoms with Crippen molar-refractivity contribution in [3.8, 4) is 5.75 Å². The minimum Gasteiger partial charge on any atom is -0.490 e. The summed E-state index contributed by atoms with van der Waals surface area (Å²) in [7, 11) is 0. The molecule has 2 heterocycles. The van der Waals surface area contributed by atoms with Gasteiger partial charge < -0.3 is 14.5 Å². The Labute approximate surface area is 190 Å². The second-order valence-corrected chi connectivity index (χ2v) is 8.90. The molecule has 2 fully saturated rings. The van der Waals surface area contributed by atoms with Crippen LogP contribution in [0.25, 0.3) is 0 Å². The van der Waals surface area contributed by atoms with Crippen molar-refractivity contribution < 1.29 is 13.9 Å². The molecule has 0 saturated carbocycles. The van der Waals surface area contributed by atoms with Crippen LogP contribution in [-0.2, 0) is 0 Å². The van der Waals surface area contributed by atoms with Crippen molar-refractivity contribution in [1.82, 2.24) is 9.80 Å². The number of hydrogen-bond donors (Lipinski definition) is 0. The van der Waals surface area contributed by atoms with Gasteiger partial charge in [-0.3, -0.25) is 9.69 Å². The van der Waals surface area contributed by atoms with Gasteiger partial charge in [0.2, 0.25) is 0 Å². The fourth-order valence-corrected chi connectivity index (χ4v) is 4.66. The topological polar surface area (TPSA) is 36.0 Å². The molecular formula is C26H34FN3O2. The molecule has 6 heteroatoms. The van der Waals surface area contributed by atoms with Gasteiger partial charge in [0.05, 0.1) is 13.2 Å². The Balaban J connectivity index is 1.21. The molecule has 2 aromatic rings. The molecule has 1 atom stereocenters. The van der Waals surface area contributed by atoms with E-state index in [0.29, 0.717) is 24.8 Å². The van der Waals surface area contributed by atoms with E-state index >= 15 is 0 Å². The van der Waals surface area contributed by atoms with Gasteiger partial charge in [0.25, 0.3) is 0 Å². The van der Waals surface area contributed by atoms with Gasteiger partial charge in [0.1, 0.15) is 0 Å². The second-order valence-electron chi connectivity index (χ2n) is 8.90. The van der Waals surface area contributed by atoms with E-state index in [1.54, 1.807) is 12.1 Å². The Hall–Kier alpha value is -2.44. The summed E-state index contributed by atoms with van der Waals surface area (Å²) in [6.45, 7) is 8.59. The first-order chi connectivity index (χ1) is 15.6. The van der Waals surface area contributed by atoms with Gasteiger partial charge in [-0.1, -0.05) is 18.2 Å². The second kappa shape index (κ2) is 10.9. The van der Waals surface area contributed by atoms with Crippen molar-refractivity contribution in [2.75, 3.05) is 57.3 Å². The maximum absolute atomic E-state index is 14.5. The van der Waals surface area contributed by atoms with Crippen LogP contribution in [0, 0.1) is 5.82 Å². The highest BCUT2D eigenvalue weighted by Crippen LogP contribution is 2.21. The van der Waals surface area contributed by atoms with Crippen LogP contribution in [0.4, 0.5) is 10.1 Å². The Bertz CT molecular complexity index is 884. The van der Waals surface area contributed by atoms with Gasteiger partial charge in [-0.25, -0.2) is 4.39 Å². The fourth-order valence-electron chi connectivity index (χ4n) is 4.66. The molecule has 4 rings (SSSR count). The summed E-state index contributed by atoms with van der Waals surface area (Å²) in [5, 5.41) is 0. The zero-order valence-electron chi connectivity index (χ0n) is 19.0. The highest BCUT2D eigenvalue weighted by atomic mass is 19.1. The van der Waals surface area contributed by atoms with Gasteiger partial charge in [-0.2, -0.15) is 0 Å². The first-order valence-corrected chi connectivity index (χ1v) is 11.8. The van der Waals surface area contributed by atoms with Gasteiger partial charge in [-0.15, -0.1) is 0 Å². The molecule has 0 amide bonds. The number of ether oxygens (including phenoxy) is 1. The SMILES string of the molecule is CC1CCCN1CCCOc1ccc(C(=O)CN2CCN(c3ccccc3)CC2)cc1F. The number of benzene rings is 2. The van der Waals surface area contributed by atoms with Crippen LogP contribution in [-0.4, -0.2) is 74.0 Å². The largest absolute Gasteiger partial charge is 0.490 e. The van der Waals surface area contributed by atoms with Crippen molar-refractivity contribution in [3.05, 3.63) is 59.9 Å². The number of Topliss-reactive ketones (excluding diaryl/α,β-unsaturated/α-hetero) is 1. The summed E-state index contributed by atoms with van der Waals surface area (Å²) in [5.74, 6) is -0.279. The number of hydrogen-bond acceptors (Lipinski definition) is 5. The maximum atomic E-state index is 14.5. The quantitative estimate of drug-likeness (QED) is 0.435. The third-order valence-corrected chi connectivity index (χ3v) is 6.65. The molecule has 0 radical (unpaired) electrons. The first kappa shape index (κ1) is 22.7. The van der Waals surface area contributed by atoms with Gasteiger partial charge in [0, 0.05) is 50.0 Å². The van der Waals surface area contributed by atoms with E-state index in [4.69, 9.17) is 4.74 Å². The van der Waals surface area contributed by atoms with Crippen molar-refractivity contribution >= 4 is 11.5 Å². The van der Waals surface area contributed by atoms with Crippen molar-refractivity contribution in [2.45, 2.75) is 32.2 Å². The highest BCUT2D eigenvalue weighted by molar-refractivity contribution is 5.97. The molecule has 2 saturated heterocycles. The number of halogens is 1. The van der Waals surface area contributed by atoms with Crippen LogP contribution in [0.1, 0.15) is 36.5 Å². The van der Waals surface area contributed by atoms with E-state index in [1.165, 1.54) is 24.6 Å². The smallest absolute Gasteiger partial charge is 0.176 e. The summed E-state index contributed by atoms with van der Waals surface area (Å²) in [4.78, 5) is 19.6. The molecule has 0 aliphatic carbocycles.